The van der Waals surface area contributed by atoms with Crippen LogP contribution in [0.4, 0.5) is 0 Å². The van der Waals surface area contributed by atoms with Gasteiger partial charge in [0.2, 0.25) is 0 Å². The first-order valence-corrected chi connectivity index (χ1v) is 14.3. The minimum atomic E-state index is -0.0272. The SMILES string of the molecule is Cc1ccc(C(=O)c2ccc(C#N)cc2)cc1.Cc1ccccc1.N#Cc1ccc(C(=O)c2ccc(CBr)cc2)cc1. The molecule has 5 aromatic carbocycles. The second-order valence-electron chi connectivity index (χ2n) is 9.39. The van der Waals surface area contributed by atoms with Crippen LogP contribution >= 0.6 is 15.9 Å². The van der Waals surface area contributed by atoms with Gasteiger partial charge < -0.3 is 0 Å². The molecule has 0 radical (unpaired) electrons. The quantitative estimate of drug-likeness (QED) is 0.147. The van der Waals surface area contributed by atoms with Crippen molar-refractivity contribution in [3.63, 3.8) is 0 Å². The molecule has 0 aliphatic heterocycles. The van der Waals surface area contributed by atoms with Crippen molar-refractivity contribution in [3.05, 3.63) is 177 Å². The van der Waals surface area contributed by atoms with Crippen molar-refractivity contribution >= 4 is 27.5 Å². The summed E-state index contributed by atoms with van der Waals surface area (Å²) in [6, 6.07) is 42.6. The number of nitriles is 2. The van der Waals surface area contributed by atoms with E-state index in [1.165, 1.54) is 5.56 Å². The molecule has 5 aromatic rings. The van der Waals surface area contributed by atoms with E-state index >= 15 is 0 Å². The summed E-state index contributed by atoms with van der Waals surface area (Å²) in [6.07, 6.45) is 0. The van der Waals surface area contributed by atoms with Gasteiger partial charge in [-0.25, -0.2) is 0 Å². The molecule has 0 fully saturated rings. The van der Waals surface area contributed by atoms with Crippen LogP contribution in [0.1, 0.15) is 59.7 Å². The van der Waals surface area contributed by atoms with Crippen molar-refractivity contribution in [1.82, 2.24) is 0 Å². The molecule has 5 rings (SSSR count). The number of alkyl halides is 1. The number of ketones is 2. The molecular weight excluding hydrogens is 584 g/mol. The van der Waals surface area contributed by atoms with E-state index in [-0.39, 0.29) is 11.6 Å². The summed E-state index contributed by atoms with van der Waals surface area (Å²) in [5, 5.41) is 18.2. The van der Waals surface area contributed by atoms with Crippen LogP contribution in [0.15, 0.2) is 127 Å². The maximum absolute atomic E-state index is 12.2. The maximum Gasteiger partial charge on any atom is 0.193 e. The van der Waals surface area contributed by atoms with Crippen LogP contribution in [0.2, 0.25) is 0 Å². The molecule has 0 unspecified atom stereocenters. The minimum absolute atomic E-state index is 0.0190. The Morgan fingerprint density at radius 2 is 0.857 bits per heavy atom. The van der Waals surface area contributed by atoms with Crippen molar-refractivity contribution < 1.29 is 9.59 Å². The molecule has 0 aliphatic rings. The third-order valence-corrected chi connectivity index (χ3v) is 6.82. The zero-order valence-corrected chi connectivity index (χ0v) is 25.0. The Balaban J connectivity index is 0.000000188. The summed E-state index contributed by atoms with van der Waals surface area (Å²) in [4.78, 5) is 24.2. The molecule has 0 atom stereocenters. The van der Waals surface area contributed by atoms with Crippen LogP contribution in [0.5, 0.6) is 0 Å². The largest absolute Gasteiger partial charge is 0.289 e. The Morgan fingerprint density at radius 1 is 0.524 bits per heavy atom. The number of hydrogen-bond donors (Lipinski definition) is 0. The van der Waals surface area contributed by atoms with Gasteiger partial charge in [-0.05, 0) is 67.9 Å². The van der Waals surface area contributed by atoms with Crippen molar-refractivity contribution in [3.8, 4) is 12.1 Å². The minimum Gasteiger partial charge on any atom is -0.289 e. The molecule has 4 nitrogen and oxygen atoms in total. The third-order valence-electron chi connectivity index (χ3n) is 6.18. The Bertz CT molecular complexity index is 1680. The number of carbonyl (C=O) groups is 2. The predicted molar refractivity (Wildman–Crippen MR) is 171 cm³/mol. The summed E-state index contributed by atoms with van der Waals surface area (Å²) in [7, 11) is 0. The Hall–Kier alpha value is -5.10. The average molecular weight is 614 g/mol. The third kappa shape index (κ3) is 9.52. The van der Waals surface area contributed by atoms with Gasteiger partial charge in [-0.1, -0.05) is 106 Å². The first-order valence-electron chi connectivity index (χ1n) is 13.2. The van der Waals surface area contributed by atoms with Gasteiger partial charge in [0.15, 0.2) is 11.6 Å². The van der Waals surface area contributed by atoms with Crippen LogP contribution in [-0.4, -0.2) is 11.6 Å². The van der Waals surface area contributed by atoms with Crippen LogP contribution in [0.3, 0.4) is 0 Å². The van der Waals surface area contributed by atoms with Crippen LogP contribution in [0.25, 0.3) is 0 Å². The van der Waals surface area contributed by atoms with Crippen molar-refractivity contribution in [2.45, 2.75) is 19.2 Å². The van der Waals surface area contributed by atoms with Crippen LogP contribution < -0.4 is 0 Å². The monoisotopic (exact) mass is 612 g/mol. The van der Waals surface area contributed by atoms with E-state index < -0.39 is 0 Å². The molecule has 0 spiro atoms. The molecule has 0 aliphatic carbocycles. The molecule has 0 heterocycles. The standard InChI is InChI=1S/C15H10BrNO.C15H11NO.C7H8/c16-9-11-1-5-13(6-2-11)15(18)14-7-3-12(10-17)4-8-14;1-11-2-6-13(7-3-11)15(17)14-8-4-12(10-16)5-9-14;1-7-5-3-2-4-6-7/h1-8H,9H2;2-9H,1H3;2-6H,1H3. The summed E-state index contributed by atoms with van der Waals surface area (Å²) in [5.41, 5.74) is 7.22. The van der Waals surface area contributed by atoms with E-state index in [2.05, 4.69) is 35.0 Å². The predicted octanol–water partition coefficient (Wildman–Crippen LogP) is 8.78. The number of halogens is 1. The molecule has 0 aromatic heterocycles. The highest BCUT2D eigenvalue weighted by molar-refractivity contribution is 9.08. The zero-order valence-electron chi connectivity index (χ0n) is 23.4. The molecule has 0 saturated carbocycles. The van der Waals surface area contributed by atoms with E-state index in [9.17, 15) is 9.59 Å². The number of benzene rings is 5. The summed E-state index contributed by atoms with van der Waals surface area (Å²) < 4.78 is 0. The topological polar surface area (TPSA) is 81.7 Å². The molecule has 0 amide bonds. The van der Waals surface area contributed by atoms with E-state index in [0.717, 1.165) is 16.5 Å². The first kappa shape index (κ1) is 31.4. The maximum atomic E-state index is 12.2. The fourth-order valence-corrected chi connectivity index (χ4v) is 4.08. The van der Waals surface area contributed by atoms with Gasteiger partial charge >= 0.3 is 0 Å². The van der Waals surface area contributed by atoms with E-state index in [4.69, 9.17) is 10.5 Å². The summed E-state index contributed by atoms with van der Waals surface area (Å²) >= 11 is 3.36. The van der Waals surface area contributed by atoms with Gasteiger partial charge in [0.25, 0.3) is 0 Å². The average Bonchev–Trinajstić information content (AvgIpc) is 3.05. The van der Waals surface area contributed by atoms with E-state index in [0.29, 0.717) is 33.4 Å². The molecule has 42 heavy (non-hydrogen) atoms. The second kappa shape index (κ2) is 16.2. The molecule has 5 heteroatoms. The van der Waals surface area contributed by atoms with Gasteiger partial charge in [0.05, 0.1) is 23.3 Å². The highest BCUT2D eigenvalue weighted by atomic mass is 79.9. The normalized spacial score (nSPS) is 9.55. The number of nitrogens with zero attached hydrogens (tertiary/aromatic N) is 2. The van der Waals surface area contributed by atoms with E-state index in [1.54, 1.807) is 48.5 Å². The second-order valence-corrected chi connectivity index (χ2v) is 9.95. The Labute approximate surface area is 255 Å². The number of hydrogen-bond acceptors (Lipinski definition) is 4. The van der Waals surface area contributed by atoms with Crippen LogP contribution in [-0.2, 0) is 5.33 Å². The zero-order chi connectivity index (χ0) is 30.3. The first-order chi connectivity index (χ1) is 20.3. The highest BCUT2D eigenvalue weighted by Crippen LogP contribution is 2.14. The lowest BCUT2D eigenvalue weighted by Crippen LogP contribution is -2.01. The van der Waals surface area contributed by atoms with Gasteiger partial charge in [0, 0.05) is 27.6 Å². The van der Waals surface area contributed by atoms with Crippen LogP contribution in [0, 0.1) is 36.5 Å². The molecule has 0 bridgehead atoms. The highest BCUT2D eigenvalue weighted by Gasteiger charge is 2.09. The Morgan fingerprint density at radius 3 is 1.17 bits per heavy atom. The fraction of sp³-hybridized carbons (Fsp3) is 0.0811. The lowest BCUT2D eigenvalue weighted by atomic mass is 10.0. The van der Waals surface area contributed by atoms with Gasteiger partial charge in [-0.3, -0.25) is 9.59 Å². The van der Waals surface area contributed by atoms with Crippen molar-refractivity contribution in [2.24, 2.45) is 0 Å². The number of rotatable bonds is 5. The van der Waals surface area contributed by atoms with E-state index in [1.807, 2.05) is 85.8 Å². The number of aryl methyl sites for hydroxylation is 2. The molecule has 206 valence electrons. The summed E-state index contributed by atoms with van der Waals surface area (Å²) in [6.45, 7) is 4.07. The van der Waals surface area contributed by atoms with Gasteiger partial charge in [-0.2, -0.15) is 10.5 Å². The van der Waals surface area contributed by atoms with Crippen molar-refractivity contribution in [1.29, 1.82) is 10.5 Å². The van der Waals surface area contributed by atoms with Gasteiger partial charge in [0.1, 0.15) is 0 Å². The smallest absolute Gasteiger partial charge is 0.193 e. The lowest BCUT2D eigenvalue weighted by molar-refractivity contribution is 0.103. The Kier molecular flexibility index (Phi) is 12.1. The fourth-order valence-electron chi connectivity index (χ4n) is 3.71. The molecule has 0 N–H and O–H groups in total. The molecule has 0 saturated heterocycles. The summed E-state index contributed by atoms with van der Waals surface area (Å²) in [5.74, 6) is -0.0462. The van der Waals surface area contributed by atoms with Gasteiger partial charge in [-0.15, -0.1) is 0 Å². The van der Waals surface area contributed by atoms with Crippen molar-refractivity contribution in [2.75, 3.05) is 0 Å². The molecular formula is C37H29BrN2O2. The number of carbonyl (C=O) groups excluding carboxylic acids is 2. The lowest BCUT2D eigenvalue weighted by Gasteiger charge is -2.02.